The number of allylic oxidation sites excluding steroid dienone is 18. The van der Waals surface area contributed by atoms with Gasteiger partial charge < -0.3 is 14.2 Å². The first-order valence-corrected chi connectivity index (χ1v) is 33.4. The molecule has 0 rings (SSSR count). The number of unbranched alkanes of at least 4 members (excludes halogenated alkanes) is 31. The Hall–Kier alpha value is -3.93. The van der Waals surface area contributed by atoms with Crippen LogP contribution in [-0.2, 0) is 28.6 Å². The summed E-state index contributed by atoms with van der Waals surface area (Å²) >= 11 is 0. The fourth-order valence-electron chi connectivity index (χ4n) is 9.37. The lowest BCUT2D eigenvalue weighted by atomic mass is 10.0. The Morgan fingerprint density at radius 1 is 0.266 bits per heavy atom. The summed E-state index contributed by atoms with van der Waals surface area (Å²) in [5.41, 5.74) is 0. The summed E-state index contributed by atoms with van der Waals surface area (Å²) in [7, 11) is 0. The van der Waals surface area contributed by atoms with Crippen molar-refractivity contribution in [3.8, 4) is 0 Å². The maximum Gasteiger partial charge on any atom is 0.306 e. The number of carbonyl (C=O) groups excluding carboxylic acids is 3. The first-order valence-electron chi connectivity index (χ1n) is 33.4. The minimum absolute atomic E-state index is 0.0982. The van der Waals surface area contributed by atoms with Crippen molar-refractivity contribution in [3.05, 3.63) is 109 Å². The normalized spacial score (nSPS) is 12.8. The van der Waals surface area contributed by atoms with Gasteiger partial charge in [-0.15, -0.1) is 0 Å². The van der Waals surface area contributed by atoms with Gasteiger partial charge in [0, 0.05) is 19.3 Å². The number of hydrogen-bond acceptors (Lipinski definition) is 6. The summed E-state index contributed by atoms with van der Waals surface area (Å²) in [6, 6.07) is 0. The highest BCUT2D eigenvalue weighted by Gasteiger charge is 2.19. The molecule has 1 unspecified atom stereocenters. The van der Waals surface area contributed by atoms with Crippen LogP contribution in [0.1, 0.15) is 316 Å². The number of rotatable bonds is 60. The topological polar surface area (TPSA) is 78.9 Å². The molecule has 0 aromatic rings. The van der Waals surface area contributed by atoms with Gasteiger partial charge >= 0.3 is 17.9 Å². The van der Waals surface area contributed by atoms with Gasteiger partial charge in [-0.25, -0.2) is 0 Å². The second kappa shape index (κ2) is 66.6. The molecule has 0 aromatic carbocycles. The summed E-state index contributed by atoms with van der Waals surface area (Å²) in [5.74, 6) is -0.972. The Kier molecular flexibility index (Phi) is 63.3. The molecule has 0 aliphatic carbocycles. The third kappa shape index (κ3) is 64.8. The molecule has 0 aromatic heterocycles. The molecule has 0 N–H and O–H groups in total. The van der Waals surface area contributed by atoms with Gasteiger partial charge in [0.15, 0.2) is 6.10 Å². The van der Waals surface area contributed by atoms with Crippen molar-refractivity contribution in [2.45, 2.75) is 322 Å². The molecule has 6 heteroatoms. The third-order valence-corrected chi connectivity index (χ3v) is 14.3. The molecular formula is C73H124O6. The molecule has 0 saturated heterocycles. The quantitative estimate of drug-likeness (QED) is 0.0261. The molecule has 1 atom stereocenters. The zero-order chi connectivity index (χ0) is 57.1. The maximum atomic E-state index is 12.9. The molecule has 0 saturated carbocycles. The van der Waals surface area contributed by atoms with Crippen LogP contribution in [0.25, 0.3) is 0 Å². The van der Waals surface area contributed by atoms with Crippen LogP contribution in [0.2, 0.25) is 0 Å². The van der Waals surface area contributed by atoms with Crippen LogP contribution >= 0.6 is 0 Å². The van der Waals surface area contributed by atoms with E-state index in [0.717, 1.165) is 96.3 Å². The Balaban J connectivity index is 4.29. The van der Waals surface area contributed by atoms with Crippen molar-refractivity contribution >= 4 is 17.9 Å². The van der Waals surface area contributed by atoms with Gasteiger partial charge in [-0.2, -0.15) is 0 Å². The Bertz CT molecular complexity index is 1590. The highest BCUT2D eigenvalue weighted by atomic mass is 16.6. The van der Waals surface area contributed by atoms with E-state index in [2.05, 4.69) is 124 Å². The largest absolute Gasteiger partial charge is 0.462 e. The van der Waals surface area contributed by atoms with E-state index in [1.54, 1.807) is 0 Å². The zero-order valence-electron chi connectivity index (χ0n) is 51.9. The number of hydrogen-bond donors (Lipinski definition) is 0. The van der Waals surface area contributed by atoms with Gasteiger partial charge in [0.25, 0.3) is 0 Å². The van der Waals surface area contributed by atoms with E-state index >= 15 is 0 Å². The monoisotopic (exact) mass is 1100 g/mol. The average molecular weight is 1100 g/mol. The van der Waals surface area contributed by atoms with Gasteiger partial charge in [0.1, 0.15) is 13.2 Å². The molecule has 0 bridgehead atoms. The van der Waals surface area contributed by atoms with Gasteiger partial charge in [-0.05, 0) is 89.9 Å². The molecule has 79 heavy (non-hydrogen) atoms. The summed E-state index contributed by atoms with van der Waals surface area (Å²) in [5, 5.41) is 0. The van der Waals surface area contributed by atoms with E-state index in [1.165, 1.54) is 173 Å². The first kappa shape index (κ1) is 75.1. The van der Waals surface area contributed by atoms with Crippen molar-refractivity contribution in [2.24, 2.45) is 0 Å². The zero-order valence-corrected chi connectivity index (χ0v) is 51.9. The lowest BCUT2D eigenvalue weighted by Gasteiger charge is -2.18. The predicted molar refractivity (Wildman–Crippen MR) is 343 cm³/mol. The van der Waals surface area contributed by atoms with Crippen LogP contribution in [0.3, 0.4) is 0 Å². The Labute approximate surface area is 489 Å². The summed E-state index contributed by atoms with van der Waals surface area (Å²) in [6.07, 6.45) is 91.3. The van der Waals surface area contributed by atoms with E-state index in [0.29, 0.717) is 19.3 Å². The summed E-state index contributed by atoms with van der Waals surface area (Å²) in [4.78, 5) is 38.3. The lowest BCUT2D eigenvalue weighted by molar-refractivity contribution is -0.166. The second-order valence-electron chi connectivity index (χ2n) is 22.0. The fraction of sp³-hybridized carbons (Fsp3) is 0.712. The van der Waals surface area contributed by atoms with Gasteiger partial charge in [-0.3, -0.25) is 14.4 Å². The number of ether oxygens (including phenoxy) is 3. The van der Waals surface area contributed by atoms with Gasteiger partial charge in [-0.1, -0.05) is 316 Å². The molecule has 0 radical (unpaired) electrons. The number of carbonyl (C=O) groups is 3. The average Bonchev–Trinajstić information content (AvgIpc) is 3.45. The summed E-state index contributed by atoms with van der Waals surface area (Å²) < 4.78 is 16.9. The highest BCUT2D eigenvalue weighted by Crippen LogP contribution is 2.17. The molecule has 452 valence electrons. The Morgan fingerprint density at radius 2 is 0.519 bits per heavy atom. The maximum absolute atomic E-state index is 12.9. The van der Waals surface area contributed by atoms with Crippen molar-refractivity contribution in [1.29, 1.82) is 0 Å². The summed E-state index contributed by atoms with van der Waals surface area (Å²) in [6.45, 7) is 6.38. The van der Waals surface area contributed by atoms with Crippen LogP contribution in [-0.4, -0.2) is 37.2 Å². The van der Waals surface area contributed by atoms with E-state index in [4.69, 9.17) is 14.2 Å². The molecule has 0 aliphatic rings. The van der Waals surface area contributed by atoms with E-state index in [-0.39, 0.29) is 37.5 Å². The van der Waals surface area contributed by atoms with Crippen molar-refractivity contribution in [2.75, 3.05) is 13.2 Å². The molecule has 0 amide bonds. The van der Waals surface area contributed by atoms with Crippen molar-refractivity contribution < 1.29 is 28.6 Å². The molecule has 0 heterocycles. The second-order valence-corrected chi connectivity index (χ2v) is 22.0. The van der Waals surface area contributed by atoms with Crippen LogP contribution in [0.4, 0.5) is 0 Å². The minimum Gasteiger partial charge on any atom is -0.462 e. The molecule has 0 spiro atoms. The van der Waals surface area contributed by atoms with E-state index in [1.807, 2.05) is 6.08 Å². The molecule has 6 nitrogen and oxygen atoms in total. The van der Waals surface area contributed by atoms with Crippen LogP contribution in [0, 0.1) is 0 Å². The first-order chi connectivity index (χ1) is 39.0. The van der Waals surface area contributed by atoms with Gasteiger partial charge in [0.2, 0.25) is 0 Å². The lowest BCUT2D eigenvalue weighted by Crippen LogP contribution is -2.30. The fourth-order valence-corrected chi connectivity index (χ4v) is 9.37. The van der Waals surface area contributed by atoms with Crippen LogP contribution in [0.5, 0.6) is 0 Å². The van der Waals surface area contributed by atoms with Crippen LogP contribution < -0.4 is 0 Å². The standard InChI is InChI=1S/C73H124O6/c1-4-7-10-13-16-19-22-25-27-29-31-32-33-34-35-36-37-38-39-40-42-43-45-48-51-54-57-60-63-66-72(75)78-69-70(68-77-71(74)65-62-59-56-53-50-47-24-21-18-15-12-9-6-3)79-73(76)67-64-61-58-55-52-49-46-44-41-30-28-26-23-20-17-14-11-8-5-2/h7,9-10,12,16,18-19,21,25,27,31-32,34-35,47,50,56,59,70H,4-6,8,11,13-15,17,20,22-24,26,28-30,33,36-46,48-49,51-55,57-58,60-69H2,1-3H3/b10-7-,12-9-,19-16-,21-18-,27-25-,32-31-,35-34-,50-47-,59-56-. The smallest absolute Gasteiger partial charge is 0.306 e. The molecular weight excluding hydrogens is 973 g/mol. The van der Waals surface area contributed by atoms with Crippen molar-refractivity contribution in [1.82, 2.24) is 0 Å². The van der Waals surface area contributed by atoms with Gasteiger partial charge in [0.05, 0.1) is 0 Å². The molecule has 0 fully saturated rings. The highest BCUT2D eigenvalue weighted by molar-refractivity contribution is 5.71. The number of esters is 3. The predicted octanol–water partition coefficient (Wildman–Crippen LogP) is 23.0. The molecule has 0 aliphatic heterocycles. The Morgan fingerprint density at radius 3 is 0.848 bits per heavy atom. The van der Waals surface area contributed by atoms with E-state index in [9.17, 15) is 14.4 Å². The van der Waals surface area contributed by atoms with Crippen LogP contribution in [0.15, 0.2) is 109 Å². The van der Waals surface area contributed by atoms with E-state index < -0.39 is 6.10 Å². The minimum atomic E-state index is -0.807. The SMILES string of the molecule is CC/C=C\C/C=C\C/C=C\C/C=C\C/C=C\CCCCCCCCCCCCCCCC(=O)OCC(COC(=O)CC/C=C\C/C=C\C/C=C\C/C=C\CC)OC(=O)CCCCCCCCCCCCCCCCCCCCC. The third-order valence-electron chi connectivity index (χ3n) is 14.3. The van der Waals surface area contributed by atoms with Crippen molar-refractivity contribution in [3.63, 3.8) is 0 Å².